The fourth-order valence-electron chi connectivity index (χ4n) is 4.19. The molecule has 0 radical (unpaired) electrons. The Morgan fingerprint density at radius 1 is 0.865 bits per heavy atom. The van der Waals surface area contributed by atoms with Gasteiger partial charge in [0.25, 0.3) is 0 Å². The summed E-state index contributed by atoms with van der Waals surface area (Å²) in [4.78, 5) is 10.7. The van der Waals surface area contributed by atoms with Crippen molar-refractivity contribution in [2.75, 3.05) is 36.4 Å². The van der Waals surface area contributed by atoms with E-state index in [4.69, 9.17) is 0 Å². The summed E-state index contributed by atoms with van der Waals surface area (Å²) < 4.78 is 69.2. The molecule has 0 unspecified atom stereocenters. The molecule has 37 heavy (non-hydrogen) atoms. The molecule has 5 rings (SSSR count). The third-order valence-electron chi connectivity index (χ3n) is 5.94. The second kappa shape index (κ2) is 9.87. The van der Waals surface area contributed by atoms with E-state index in [1.807, 2.05) is 35.2 Å². The highest BCUT2D eigenvalue weighted by Gasteiger charge is 2.31. The van der Waals surface area contributed by atoms with E-state index in [0.717, 1.165) is 5.39 Å². The van der Waals surface area contributed by atoms with Gasteiger partial charge in [0.05, 0.1) is 4.90 Å². The van der Waals surface area contributed by atoms with Crippen molar-refractivity contribution in [3.8, 4) is 5.75 Å². The highest BCUT2D eigenvalue weighted by Crippen LogP contribution is 2.28. The van der Waals surface area contributed by atoms with Crippen molar-refractivity contribution >= 4 is 38.1 Å². The zero-order chi connectivity index (χ0) is 26.0. The molecule has 1 fully saturated rings. The van der Waals surface area contributed by atoms with Gasteiger partial charge < -0.3 is 15.0 Å². The van der Waals surface area contributed by atoms with E-state index >= 15 is 0 Å². The van der Waals surface area contributed by atoms with E-state index in [0.29, 0.717) is 53.8 Å². The van der Waals surface area contributed by atoms with Gasteiger partial charge in [-0.05, 0) is 35.7 Å². The van der Waals surface area contributed by atoms with Crippen LogP contribution in [0.4, 0.5) is 30.5 Å². The molecule has 12 heteroatoms. The SMILES string of the molecule is O=S(=O)(c1cccc2ccccc12)N1CCN(c2cc(Nc3ccc(OC(F)(F)F)cc3)ncn2)CC1. The van der Waals surface area contributed by atoms with E-state index in [1.165, 1.54) is 34.9 Å². The summed E-state index contributed by atoms with van der Waals surface area (Å²) in [5.74, 6) is 0.731. The number of sulfonamides is 1. The number of nitrogens with zero attached hydrogens (tertiary/aromatic N) is 4. The number of aromatic nitrogens is 2. The number of anilines is 3. The fourth-order valence-corrected chi connectivity index (χ4v) is 5.83. The topological polar surface area (TPSA) is 87.7 Å². The van der Waals surface area contributed by atoms with E-state index in [9.17, 15) is 21.6 Å². The molecule has 192 valence electrons. The predicted molar refractivity (Wildman–Crippen MR) is 133 cm³/mol. The first-order valence-electron chi connectivity index (χ1n) is 11.4. The Hall–Kier alpha value is -3.90. The van der Waals surface area contributed by atoms with E-state index in [-0.39, 0.29) is 5.75 Å². The molecule has 1 saturated heterocycles. The molecule has 3 aromatic carbocycles. The second-order valence-corrected chi connectivity index (χ2v) is 10.2. The van der Waals surface area contributed by atoms with Crippen LogP contribution in [0.3, 0.4) is 0 Å². The van der Waals surface area contributed by atoms with Crippen LogP contribution in [-0.2, 0) is 10.0 Å². The number of benzene rings is 3. The number of hydrogen-bond acceptors (Lipinski definition) is 7. The van der Waals surface area contributed by atoms with Crippen LogP contribution in [0.1, 0.15) is 0 Å². The van der Waals surface area contributed by atoms with Crippen LogP contribution in [0.5, 0.6) is 5.75 Å². The number of nitrogens with one attached hydrogen (secondary N) is 1. The molecular weight excluding hydrogens is 507 g/mol. The lowest BCUT2D eigenvalue weighted by Gasteiger charge is -2.34. The molecule has 1 aromatic heterocycles. The van der Waals surface area contributed by atoms with E-state index in [2.05, 4.69) is 20.0 Å². The number of alkyl halides is 3. The Balaban J connectivity index is 1.25. The Labute approximate surface area is 211 Å². The Morgan fingerprint density at radius 3 is 2.30 bits per heavy atom. The summed E-state index contributed by atoms with van der Waals surface area (Å²) in [6.45, 7) is 1.45. The second-order valence-electron chi connectivity index (χ2n) is 8.33. The number of hydrogen-bond donors (Lipinski definition) is 1. The lowest BCUT2D eigenvalue weighted by Crippen LogP contribution is -2.49. The van der Waals surface area contributed by atoms with Gasteiger partial charge in [0.1, 0.15) is 23.7 Å². The minimum absolute atomic E-state index is 0.291. The standard InChI is InChI=1S/C25H22F3N5O3S/c26-25(27,28)36-20-10-8-19(9-11-20)31-23-16-24(30-17-29-23)32-12-14-33(15-13-32)37(34,35)22-7-3-5-18-4-1-2-6-21(18)22/h1-11,16-17H,12-15H2,(H,29,30,31). The van der Waals surface area contributed by atoms with Crippen LogP contribution in [0.25, 0.3) is 10.8 Å². The van der Waals surface area contributed by atoms with Gasteiger partial charge in [0, 0.05) is 43.3 Å². The van der Waals surface area contributed by atoms with Gasteiger partial charge in [-0.25, -0.2) is 18.4 Å². The van der Waals surface area contributed by atoms with Gasteiger partial charge in [-0.3, -0.25) is 0 Å². The van der Waals surface area contributed by atoms with E-state index in [1.54, 1.807) is 18.2 Å². The monoisotopic (exact) mass is 529 g/mol. The normalized spacial score (nSPS) is 15.1. The van der Waals surface area contributed by atoms with Crippen molar-refractivity contribution in [1.82, 2.24) is 14.3 Å². The summed E-state index contributed by atoms with van der Waals surface area (Å²) in [5.41, 5.74) is 0.519. The van der Waals surface area contributed by atoms with Crippen LogP contribution in [0.15, 0.2) is 84.0 Å². The molecule has 0 atom stereocenters. The molecule has 2 heterocycles. The van der Waals surface area contributed by atoms with Crippen molar-refractivity contribution in [2.45, 2.75) is 11.3 Å². The van der Waals surface area contributed by atoms with Gasteiger partial charge in [0.15, 0.2) is 0 Å². The van der Waals surface area contributed by atoms with Crippen LogP contribution in [0, 0.1) is 0 Å². The first-order chi connectivity index (χ1) is 17.7. The Kier molecular flexibility index (Phi) is 6.61. The molecule has 1 N–H and O–H groups in total. The zero-order valence-electron chi connectivity index (χ0n) is 19.4. The number of halogens is 3. The highest BCUT2D eigenvalue weighted by molar-refractivity contribution is 7.89. The van der Waals surface area contributed by atoms with E-state index < -0.39 is 16.4 Å². The molecule has 0 bridgehead atoms. The van der Waals surface area contributed by atoms with Crippen LogP contribution in [-0.4, -0.2) is 55.2 Å². The van der Waals surface area contributed by atoms with Crippen molar-refractivity contribution in [1.29, 1.82) is 0 Å². The Morgan fingerprint density at radius 2 is 1.57 bits per heavy atom. The van der Waals surface area contributed by atoms with Crippen LogP contribution in [0.2, 0.25) is 0 Å². The molecular formula is C25H22F3N5O3S. The third-order valence-corrected chi connectivity index (χ3v) is 7.90. The highest BCUT2D eigenvalue weighted by atomic mass is 32.2. The Bertz CT molecular complexity index is 1500. The fraction of sp³-hybridized carbons (Fsp3) is 0.200. The quantitative estimate of drug-likeness (QED) is 0.385. The molecule has 4 aromatic rings. The van der Waals surface area contributed by atoms with Crippen molar-refractivity contribution in [3.05, 3.63) is 79.1 Å². The molecule has 1 aliphatic rings. The molecule has 0 amide bonds. The molecule has 0 spiro atoms. The summed E-state index contributed by atoms with van der Waals surface area (Å²) >= 11 is 0. The van der Waals surface area contributed by atoms with Crippen LogP contribution < -0.4 is 15.0 Å². The lowest BCUT2D eigenvalue weighted by molar-refractivity contribution is -0.274. The third kappa shape index (κ3) is 5.59. The maximum absolute atomic E-state index is 13.4. The van der Waals surface area contributed by atoms with Crippen molar-refractivity contribution in [2.24, 2.45) is 0 Å². The van der Waals surface area contributed by atoms with Gasteiger partial charge in [0.2, 0.25) is 10.0 Å². The summed E-state index contributed by atoms with van der Waals surface area (Å²) in [6.07, 6.45) is -3.38. The molecule has 0 aliphatic carbocycles. The first-order valence-corrected chi connectivity index (χ1v) is 12.8. The lowest BCUT2D eigenvalue weighted by atomic mass is 10.1. The van der Waals surface area contributed by atoms with Gasteiger partial charge >= 0.3 is 6.36 Å². The van der Waals surface area contributed by atoms with Gasteiger partial charge in [-0.1, -0.05) is 36.4 Å². The zero-order valence-corrected chi connectivity index (χ0v) is 20.2. The van der Waals surface area contributed by atoms with Crippen LogP contribution >= 0.6 is 0 Å². The summed E-state index contributed by atoms with van der Waals surface area (Å²) in [6, 6.07) is 19.7. The average molecular weight is 530 g/mol. The molecule has 8 nitrogen and oxygen atoms in total. The number of fused-ring (bicyclic) bond motifs is 1. The predicted octanol–water partition coefficient (Wildman–Crippen LogP) is 4.78. The number of rotatable bonds is 6. The molecule has 1 aliphatic heterocycles. The summed E-state index contributed by atoms with van der Waals surface area (Å²) in [5, 5.41) is 4.58. The minimum atomic E-state index is -4.76. The molecule has 0 saturated carbocycles. The van der Waals surface area contributed by atoms with Crippen molar-refractivity contribution in [3.63, 3.8) is 0 Å². The first kappa shape index (κ1) is 24.8. The largest absolute Gasteiger partial charge is 0.573 e. The maximum atomic E-state index is 13.4. The average Bonchev–Trinajstić information content (AvgIpc) is 2.89. The minimum Gasteiger partial charge on any atom is -0.406 e. The van der Waals surface area contributed by atoms with Crippen molar-refractivity contribution < 1.29 is 26.3 Å². The van der Waals surface area contributed by atoms with Gasteiger partial charge in [-0.2, -0.15) is 4.31 Å². The maximum Gasteiger partial charge on any atom is 0.573 e. The number of ether oxygens (including phenoxy) is 1. The number of piperazine rings is 1. The smallest absolute Gasteiger partial charge is 0.406 e. The van der Waals surface area contributed by atoms with Gasteiger partial charge in [-0.15, -0.1) is 13.2 Å². The summed E-state index contributed by atoms with van der Waals surface area (Å²) in [7, 11) is -3.68.